The van der Waals surface area contributed by atoms with Crippen LogP contribution in [0.25, 0.3) is 0 Å². The van der Waals surface area contributed by atoms with Crippen LogP contribution in [0.1, 0.15) is 29.8 Å². The first-order chi connectivity index (χ1) is 7.06. The fourth-order valence-corrected chi connectivity index (χ4v) is 1.66. The molecule has 0 aliphatic carbocycles. The van der Waals surface area contributed by atoms with Gasteiger partial charge in [0.25, 0.3) is 0 Å². The first-order valence-electron chi connectivity index (χ1n) is 5.34. The number of likely N-dealkylation sites (N-methyl/N-ethyl adjacent to an activating group) is 1. The summed E-state index contributed by atoms with van der Waals surface area (Å²) in [4.78, 5) is 12.1. The van der Waals surface area contributed by atoms with E-state index in [1.165, 1.54) is 5.56 Å². The normalized spacial score (nSPS) is 12.9. The van der Waals surface area contributed by atoms with Gasteiger partial charge in [-0.25, -0.2) is 0 Å². The Morgan fingerprint density at radius 2 is 1.73 bits per heavy atom. The average molecular weight is 205 g/mol. The molecule has 0 amide bonds. The Balaban J connectivity index is 2.88. The van der Waals surface area contributed by atoms with Crippen molar-refractivity contribution < 1.29 is 4.79 Å². The van der Waals surface area contributed by atoms with E-state index >= 15 is 0 Å². The zero-order chi connectivity index (χ0) is 11.4. The van der Waals surface area contributed by atoms with Crippen LogP contribution in [0, 0.1) is 12.8 Å². The third kappa shape index (κ3) is 2.90. The highest BCUT2D eigenvalue weighted by atomic mass is 16.1. The van der Waals surface area contributed by atoms with Crippen molar-refractivity contribution in [1.82, 2.24) is 5.32 Å². The van der Waals surface area contributed by atoms with Crippen LogP contribution in [0.2, 0.25) is 0 Å². The molecule has 0 spiro atoms. The van der Waals surface area contributed by atoms with Gasteiger partial charge >= 0.3 is 0 Å². The van der Waals surface area contributed by atoms with Gasteiger partial charge in [-0.15, -0.1) is 0 Å². The van der Waals surface area contributed by atoms with E-state index in [1.54, 1.807) is 0 Å². The lowest BCUT2D eigenvalue weighted by molar-refractivity contribution is 0.0922. The van der Waals surface area contributed by atoms with E-state index in [0.29, 0.717) is 5.92 Å². The molecule has 0 radical (unpaired) electrons. The second kappa shape index (κ2) is 5.08. The molecule has 0 bridgehead atoms. The molecule has 2 heteroatoms. The van der Waals surface area contributed by atoms with Crippen LogP contribution < -0.4 is 5.32 Å². The average Bonchev–Trinajstić information content (AvgIpc) is 2.19. The fourth-order valence-electron chi connectivity index (χ4n) is 1.66. The van der Waals surface area contributed by atoms with E-state index in [1.807, 2.05) is 52.1 Å². The number of hydrogen-bond acceptors (Lipinski definition) is 2. The van der Waals surface area contributed by atoms with Crippen LogP contribution in [0.5, 0.6) is 0 Å². The number of ketones is 1. The molecular weight excluding hydrogens is 186 g/mol. The second-order valence-electron chi connectivity index (χ2n) is 4.24. The number of benzene rings is 1. The van der Waals surface area contributed by atoms with Crippen LogP contribution in [0.15, 0.2) is 24.3 Å². The number of carbonyl (C=O) groups excluding carboxylic acids is 1. The molecule has 0 fully saturated rings. The predicted molar refractivity (Wildman–Crippen MR) is 63.2 cm³/mol. The van der Waals surface area contributed by atoms with Gasteiger partial charge in [-0.2, -0.15) is 0 Å². The Morgan fingerprint density at radius 1 is 1.20 bits per heavy atom. The minimum absolute atomic E-state index is 0.0901. The Morgan fingerprint density at radius 3 is 2.13 bits per heavy atom. The molecule has 0 aliphatic heterocycles. The Bertz CT molecular complexity index is 327. The van der Waals surface area contributed by atoms with Crippen molar-refractivity contribution in [3.63, 3.8) is 0 Å². The van der Waals surface area contributed by atoms with E-state index in [0.717, 1.165) is 5.56 Å². The quantitative estimate of drug-likeness (QED) is 0.765. The first-order valence-corrected chi connectivity index (χ1v) is 5.34. The SMILES string of the molecule is CNC(C(=O)c1ccc(C)cc1)C(C)C. The standard InChI is InChI=1S/C13H19NO/c1-9(2)12(14-4)13(15)11-7-5-10(3)6-8-11/h5-9,12,14H,1-4H3. The molecule has 1 aromatic rings. The number of rotatable bonds is 4. The van der Waals surface area contributed by atoms with E-state index < -0.39 is 0 Å². The highest BCUT2D eigenvalue weighted by Gasteiger charge is 2.20. The van der Waals surface area contributed by atoms with Crippen LogP contribution in [0.3, 0.4) is 0 Å². The highest BCUT2D eigenvalue weighted by Crippen LogP contribution is 2.11. The summed E-state index contributed by atoms with van der Waals surface area (Å²) < 4.78 is 0. The summed E-state index contributed by atoms with van der Waals surface area (Å²) in [6.07, 6.45) is 0. The van der Waals surface area contributed by atoms with Crippen LogP contribution in [-0.2, 0) is 0 Å². The van der Waals surface area contributed by atoms with Crippen molar-refractivity contribution in [3.05, 3.63) is 35.4 Å². The molecule has 1 rings (SSSR count). The zero-order valence-electron chi connectivity index (χ0n) is 9.87. The zero-order valence-corrected chi connectivity index (χ0v) is 9.87. The number of carbonyl (C=O) groups is 1. The first kappa shape index (κ1) is 11.9. The molecule has 2 nitrogen and oxygen atoms in total. The van der Waals surface area contributed by atoms with Crippen LogP contribution in [-0.4, -0.2) is 18.9 Å². The van der Waals surface area contributed by atoms with Gasteiger partial charge in [-0.3, -0.25) is 4.79 Å². The number of aryl methyl sites for hydroxylation is 1. The third-order valence-electron chi connectivity index (χ3n) is 2.60. The molecule has 0 saturated heterocycles. The number of nitrogens with one attached hydrogen (secondary N) is 1. The van der Waals surface area contributed by atoms with Crippen molar-refractivity contribution in [2.24, 2.45) is 5.92 Å². The minimum Gasteiger partial charge on any atom is -0.310 e. The van der Waals surface area contributed by atoms with Gasteiger partial charge in [0.2, 0.25) is 0 Å². The Hall–Kier alpha value is -1.15. The minimum atomic E-state index is -0.0901. The summed E-state index contributed by atoms with van der Waals surface area (Å²) in [6, 6.07) is 7.64. The van der Waals surface area contributed by atoms with Crippen LogP contribution in [0.4, 0.5) is 0 Å². The van der Waals surface area contributed by atoms with Gasteiger partial charge < -0.3 is 5.32 Å². The highest BCUT2D eigenvalue weighted by molar-refractivity contribution is 6.00. The number of hydrogen-bond donors (Lipinski definition) is 1. The third-order valence-corrected chi connectivity index (χ3v) is 2.60. The van der Waals surface area contributed by atoms with E-state index in [9.17, 15) is 4.79 Å². The smallest absolute Gasteiger partial charge is 0.179 e. The summed E-state index contributed by atoms with van der Waals surface area (Å²) in [7, 11) is 1.83. The fraction of sp³-hybridized carbons (Fsp3) is 0.462. The topological polar surface area (TPSA) is 29.1 Å². The summed E-state index contributed by atoms with van der Waals surface area (Å²) in [5.74, 6) is 0.483. The molecule has 0 aliphatic rings. The monoisotopic (exact) mass is 205 g/mol. The molecular formula is C13H19NO. The lowest BCUT2D eigenvalue weighted by Gasteiger charge is -2.18. The lowest BCUT2D eigenvalue weighted by atomic mass is 9.95. The van der Waals surface area contributed by atoms with Gasteiger partial charge in [0.05, 0.1) is 6.04 Å². The van der Waals surface area contributed by atoms with E-state index in [-0.39, 0.29) is 11.8 Å². The molecule has 1 atom stereocenters. The van der Waals surface area contributed by atoms with E-state index in [2.05, 4.69) is 5.32 Å². The molecule has 1 aromatic carbocycles. The van der Waals surface area contributed by atoms with Gasteiger partial charge in [0.1, 0.15) is 0 Å². The maximum Gasteiger partial charge on any atom is 0.179 e. The van der Waals surface area contributed by atoms with Crippen LogP contribution >= 0.6 is 0 Å². The van der Waals surface area contributed by atoms with Crippen molar-refractivity contribution >= 4 is 5.78 Å². The molecule has 82 valence electrons. The van der Waals surface area contributed by atoms with E-state index in [4.69, 9.17) is 0 Å². The van der Waals surface area contributed by atoms with Gasteiger partial charge in [0.15, 0.2) is 5.78 Å². The molecule has 0 heterocycles. The van der Waals surface area contributed by atoms with Gasteiger partial charge in [-0.05, 0) is 19.9 Å². The molecule has 0 aromatic heterocycles. The second-order valence-corrected chi connectivity index (χ2v) is 4.24. The van der Waals surface area contributed by atoms with Crippen molar-refractivity contribution in [1.29, 1.82) is 0 Å². The molecule has 0 saturated carbocycles. The maximum atomic E-state index is 12.1. The predicted octanol–water partition coefficient (Wildman–Crippen LogP) is 2.42. The maximum absolute atomic E-state index is 12.1. The Labute approximate surface area is 91.7 Å². The Kier molecular flexibility index (Phi) is 4.04. The van der Waals surface area contributed by atoms with Gasteiger partial charge in [0, 0.05) is 5.56 Å². The summed E-state index contributed by atoms with van der Waals surface area (Å²) in [5, 5.41) is 3.06. The summed E-state index contributed by atoms with van der Waals surface area (Å²) in [6.45, 7) is 6.12. The molecule has 15 heavy (non-hydrogen) atoms. The largest absolute Gasteiger partial charge is 0.310 e. The molecule has 1 N–H and O–H groups in total. The lowest BCUT2D eigenvalue weighted by Crippen LogP contribution is -2.38. The summed E-state index contributed by atoms with van der Waals surface area (Å²) >= 11 is 0. The number of Topliss-reactive ketones (excluding diaryl/α,β-unsaturated/α-hetero) is 1. The van der Waals surface area contributed by atoms with Crippen molar-refractivity contribution in [3.8, 4) is 0 Å². The summed E-state index contributed by atoms with van der Waals surface area (Å²) in [5.41, 5.74) is 1.96. The molecule has 1 unspecified atom stereocenters. The van der Waals surface area contributed by atoms with Crippen molar-refractivity contribution in [2.45, 2.75) is 26.8 Å². The van der Waals surface area contributed by atoms with Crippen molar-refractivity contribution in [2.75, 3.05) is 7.05 Å². The van der Waals surface area contributed by atoms with Gasteiger partial charge in [-0.1, -0.05) is 43.7 Å².